The van der Waals surface area contributed by atoms with Gasteiger partial charge in [-0.25, -0.2) is 4.98 Å². The average Bonchev–Trinajstić information content (AvgIpc) is 3.25. The molecule has 35 heavy (non-hydrogen) atoms. The Morgan fingerprint density at radius 3 is 2.63 bits per heavy atom. The maximum absolute atomic E-state index is 13.0. The van der Waals surface area contributed by atoms with Gasteiger partial charge in [-0.15, -0.1) is 0 Å². The van der Waals surface area contributed by atoms with Gasteiger partial charge in [-0.3, -0.25) is 9.48 Å². The highest BCUT2D eigenvalue weighted by Crippen LogP contribution is 2.37. The summed E-state index contributed by atoms with van der Waals surface area (Å²) < 4.78 is 46.6. The molecular weight excluding hydrogens is 461 g/mol. The van der Waals surface area contributed by atoms with Crippen LogP contribution in [0.3, 0.4) is 0 Å². The van der Waals surface area contributed by atoms with Crippen molar-refractivity contribution in [3.63, 3.8) is 0 Å². The average molecular weight is 491 g/mol. The van der Waals surface area contributed by atoms with Crippen molar-refractivity contribution in [3.8, 4) is 5.75 Å². The van der Waals surface area contributed by atoms with E-state index in [2.05, 4.69) is 24.1 Å². The number of hydrogen-bond acceptors (Lipinski definition) is 5. The molecule has 0 aliphatic heterocycles. The number of rotatable bonds is 7. The molecule has 0 radical (unpaired) electrons. The first-order chi connectivity index (χ1) is 16.7. The van der Waals surface area contributed by atoms with Gasteiger partial charge in [-0.2, -0.15) is 18.3 Å². The summed E-state index contributed by atoms with van der Waals surface area (Å²) in [5.41, 5.74) is -0.589. The van der Waals surface area contributed by atoms with Gasteiger partial charge in [0.25, 0.3) is 5.91 Å². The molecular formula is C25H29F3N4O3. The number of pyridine rings is 1. The molecule has 0 saturated heterocycles. The number of anilines is 1. The van der Waals surface area contributed by atoms with Crippen LogP contribution in [0.2, 0.25) is 0 Å². The second-order valence-electron chi connectivity index (χ2n) is 9.26. The van der Waals surface area contributed by atoms with Crippen LogP contribution >= 0.6 is 0 Å². The van der Waals surface area contributed by atoms with E-state index in [4.69, 9.17) is 9.84 Å². The minimum absolute atomic E-state index is 0.0177. The summed E-state index contributed by atoms with van der Waals surface area (Å²) in [6.45, 7) is 4.25. The molecule has 1 saturated carbocycles. The first kappa shape index (κ1) is 25.0. The third-order valence-corrected chi connectivity index (χ3v) is 6.55. The van der Waals surface area contributed by atoms with Gasteiger partial charge in [0.15, 0.2) is 0 Å². The number of aliphatic hydroxyl groups is 1. The molecule has 3 aromatic rings. The predicted molar refractivity (Wildman–Crippen MR) is 125 cm³/mol. The number of aromatic nitrogens is 3. The van der Waals surface area contributed by atoms with E-state index in [-0.39, 0.29) is 36.4 Å². The Balaban J connectivity index is 1.60. The van der Waals surface area contributed by atoms with Gasteiger partial charge in [0.05, 0.1) is 23.9 Å². The van der Waals surface area contributed by atoms with Crippen LogP contribution in [0.5, 0.6) is 5.75 Å². The van der Waals surface area contributed by atoms with Crippen LogP contribution in [0, 0.1) is 11.8 Å². The van der Waals surface area contributed by atoms with Gasteiger partial charge >= 0.3 is 6.18 Å². The molecule has 7 nitrogen and oxygen atoms in total. The quantitative estimate of drug-likeness (QED) is 0.459. The molecule has 2 aromatic heterocycles. The molecule has 4 rings (SSSR count). The highest BCUT2D eigenvalue weighted by molar-refractivity contribution is 6.05. The van der Waals surface area contributed by atoms with Crippen LogP contribution in [0.25, 0.3) is 10.9 Å². The predicted octanol–water partition coefficient (Wildman–Crippen LogP) is 5.46. The van der Waals surface area contributed by atoms with Gasteiger partial charge in [0.1, 0.15) is 23.7 Å². The topological polar surface area (TPSA) is 89.3 Å². The summed E-state index contributed by atoms with van der Waals surface area (Å²) in [5, 5.41) is 17.3. The monoisotopic (exact) mass is 490 g/mol. The van der Waals surface area contributed by atoms with Crippen molar-refractivity contribution in [3.05, 3.63) is 47.9 Å². The number of halogens is 3. The van der Waals surface area contributed by atoms with Crippen molar-refractivity contribution in [2.45, 2.75) is 51.7 Å². The summed E-state index contributed by atoms with van der Waals surface area (Å²) >= 11 is 0. The molecule has 1 amide bonds. The van der Waals surface area contributed by atoms with Gasteiger partial charge < -0.3 is 15.2 Å². The zero-order chi connectivity index (χ0) is 25.2. The highest BCUT2D eigenvalue weighted by Gasteiger charge is 2.33. The van der Waals surface area contributed by atoms with E-state index in [9.17, 15) is 23.1 Å². The Hall–Kier alpha value is -3.14. The van der Waals surface area contributed by atoms with Crippen LogP contribution in [0.4, 0.5) is 18.9 Å². The number of aliphatic hydroxyl groups excluding tert-OH is 1. The van der Waals surface area contributed by atoms with Crippen molar-refractivity contribution in [1.29, 1.82) is 0 Å². The number of fused-ring (bicyclic) bond motifs is 1. The number of nitrogens with one attached hydrogen (secondary N) is 1. The zero-order valence-electron chi connectivity index (χ0n) is 19.7. The van der Waals surface area contributed by atoms with E-state index in [1.54, 1.807) is 12.1 Å². The summed E-state index contributed by atoms with van der Waals surface area (Å²) in [7, 11) is 0. The lowest BCUT2D eigenvalue weighted by molar-refractivity contribution is -0.141. The standard InChI is InChI=1S/C25H29F3N4O3/c1-15(2)16-6-8-18(9-7-16)32-14-17-12-21(22(35-11-10-33)13-20(17)31-32)30-24(34)19-4-3-5-23(29-19)25(26,27)28/h3-5,12-16,18,33H,6-11H2,1-2H3,(H,30,34). The largest absolute Gasteiger partial charge is 0.489 e. The van der Waals surface area contributed by atoms with E-state index >= 15 is 0 Å². The first-order valence-corrected chi connectivity index (χ1v) is 11.8. The number of hydrogen-bond donors (Lipinski definition) is 2. The highest BCUT2D eigenvalue weighted by atomic mass is 19.4. The maximum atomic E-state index is 13.0. The van der Waals surface area contributed by atoms with Crippen molar-refractivity contribution in [2.75, 3.05) is 18.5 Å². The smallest absolute Gasteiger partial charge is 0.433 e. The molecule has 2 N–H and O–H groups in total. The van der Waals surface area contributed by atoms with Crippen molar-refractivity contribution < 1.29 is 27.8 Å². The molecule has 10 heteroatoms. The molecule has 0 unspecified atom stereocenters. The van der Waals surface area contributed by atoms with E-state index in [1.165, 1.54) is 6.07 Å². The molecule has 188 valence electrons. The second kappa shape index (κ2) is 10.2. The summed E-state index contributed by atoms with van der Waals surface area (Å²) in [5.74, 6) is 0.849. The molecule has 0 bridgehead atoms. The molecule has 1 aromatic carbocycles. The van der Waals surface area contributed by atoms with Crippen LogP contribution in [0.15, 0.2) is 36.5 Å². The second-order valence-corrected chi connectivity index (χ2v) is 9.26. The number of ether oxygens (including phenoxy) is 1. The number of carbonyl (C=O) groups is 1. The van der Waals surface area contributed by atoms with Crippen molar-refractivity contribution in [2.24, 2.45) is 11.8 Å². The lowest BCUT2D eigenvalue weighted by Crippen LogP contribution is -2.21. The number of alkyl halides is 3. The third-order valence-electron chi connectivity index (χ3n) is 6.55. The number of nitrogens with zero attached hydrogens (tertiary/aromatic N) is 3. The van der Waals surface area contributed by atoms with E-state index in [0.29, 0.717) is 11.4 Å². The van der Waals surface area contributed by atoms with Crippen LogP contribution < -0.4 is 10.1 Å². The fraction of sp³-hybridized carbons (Fsp3) is 0.480. The fourth-order valence-corrected chi connectivity index (χ4v) is 4.57. The molecule has 1 fully saturated rings. The zero-order valence-corrected chi connectivity index (χ0v) is 19.7. The van der Waals surface area contributed by atoms with Crippen LogP contribution in [-0.2, 0) is 6.18 Å². The van der Waals surface area contributed by atoms with Crippen LogP contribution in [0.1, 0.15) is 61.8 Å². The summed E-state index contributed by atoms with van der Waals surface area (Å²) in [6, 6.07) is 6.78. The SMILES string of the molecule is CC(C)C1CCC(n2cc3cc(NC(=O)c4cccc(C(F)(F)F)n4)c(OCCO)cc3n2)CC1. The Morgan fingerprint density at radius 2 is 1.97 bits per heavy atom. The Bertz CT molecular complexity index is 1180. The summed E-state index contributed by atoms with van der Waals surface area (Å²) in [4.78, 5) is 16.2. The Morgan fingerprint density at radius 1 is 1.23 bits per heavy atom. The molecule has 1 aliphatic rings. The van der Waals surface area contributed by atoms with E-state index in [1.807, 2.05) is 10.9 Å². The van der Waals surface area contributed by atoms with Gasteiger partial charge in [-0.05, 0) is 55.7 Å². The Kier molecular flexibility index (Phi) is 7.30. The van der Waals surface area contributed by atoms with Gasteiger partial charge in [0, 0.05) is 17.6 Å². The lowest BCUT2D eigenvalue weighted by Gasteiger charge is -2.30. The van der Waals surface area contributed by atoms with Crippen molar-refractivity contribution >= 4 is 22.5 Å². The third kappa shape index (κ3) is 5.75. The van der Waals surface area contributed by atoms with E-state index in [0.717, 1.165) is 49.1 Å². The molecule has 2 heterocycles. The van der Waals surface area contributed by atoms with Gasteiger partial charge in [0.2, 0.25) is 0 Å². The summed E-state index contributed by atoms with van der Waals surface area (Å²) in [6.07, 6.45) is 1.63. The van der Waals surface area contributed by atoms with Crippen molar-refractivity contribution in [1.82, 2.24) is 14.8 Å². The fourth-order valence-electron chi connectivity index (χ4n) is 4.57. The number of benzene rings is 1. The van der Waals surface area contributed by atoms with Gasteiger partial charge in [-0.1, -0.05) is 19.9 Å². The normalized spacial score (nSPS) is 18.7. The lowest BCUT2D eigenvalue weighted by atomic mass is 9.80. The molecule has 1 aliphatic carbocycles. The van der Waals surface area contributed by atoms with Crippen LogP contribution in [-0.4, -0.2) is 39.0 Å². The minimum atomic E-state index is -4.66. The number of amides is 1. The minimum Gasteiger partial charge on any atom is -0.489 e. The molecule has 0 spiro atoms. The molecule has 0 atom stereocenters. The maximum Gasteiger partial charge on any atom is 0.433 e. The number of carbonyl (C=O) groups excluding carboxylic acids is 1. The van der Waals surface area contributed by atoms with E-state index < -0.39 is 17.8 Å². The first-order valence-electron chi connectivity index (χ1n) is 11.8. The Labute approximate surface area is 201 Å².